The van der Waals surface area contributed by atoms with Crippen molar-refractivity contribution < 1.29 is 9.47 Å². The Kier molecular flexibility index (Phi) is 5.98. The van der Waals surface area contributed by atoms with E-state index in [4.69, 9.17) is 9.47 Å². The van der Waals surface area contributed by atoms with Gasteiger partial charge in [0, 0.05) is 4.88 Å². The molecule has 0 bridgehead atoms. The molecule has 6 heteroatoms. The molecule has 0 aliphatic carbocycles. The van der Waals surface area contributed by atoms with Crippen molar-refractivity contribution in [1.82, 2.24) is 4.98 Å². The van der Waals surface area contributed by atoms with Crippen molar-refractivity contribution in [2.24, 2.45) is 5.10 Å². The second-order valence-electron chi connectivity index (χ2n) is 5.34. The fraction of sp³-hybridized carbons (Fsp3) is 0.412. The third kappa shape index (κ3) is 4.96. The molecule has 2 rings (SSSR count). The number of thiazole rings is 1. The van der Waals surface area contributed by atoms with Crippen LogP contribution in [0.1, 0.15) is 36.9 Å². The maximum Gasteiger partial charge on any atom is 0.203 e. The Hall–Kier alpha value is -2.08. The number of nitrogens with one attached hydrogen (secondary N) is 1. The second kappa shape index (κ2) is 7.97. The lowest BCUT2D eigenvalue weighted by atomic mass is 10.2. The fourth-order valence-corrected chi connectivity index (χ4v) is 2.67. The average Bonchev–Trinajstić information content (AvgIpc) is 2.80. The second-order valence-corrected chi connectivity index (χ2v) is 6.54. The Labute approximate surface area is 141 Å². The number of ether oxygens (including phenoxy) is 2. The zero-order valence-corrected chi connectivity index (χ0v) is 15.0. The number of aromatic nitrogens is 1. The predicted molar refractivity (Wildman–Crippen MR) is 96.2 cm³/mol. The fourth-order valence-electron chi connectivity index (χ4n) is 1.91. The van der Waals surface area contributed by atoms with Gasteiger partial charge in [-0.25, -0.2) is 4.98 Å². The van der Waals surface area contributed by atoms with Crippen LogP contribution in [0, 0.1) is 13.8 Å². The molecule has 0 fully saturated rings. The molecule has 2 aromatic rings. The molecule has 23 heavy (non-hydrogen) atoms. The maximum absolute atomic E-state index is 5.75. The van der Waals surface area contributed by atoms with Gasteiger partial charge in [0.15, 0.2) is 11.5 Å². The molecule has 1 aromatic heterocycles. The minimum Gasteiger partial charge on any atom is -0.490 e. The van der Waals surface area contributed by atoms with E-state index in [0.717, 1.165) is 27.9 Å². The van der Waals surface area contributed by atoms with Gasteiger partial charge in [-0.05, 0) is 58.4 Å². The first kappa shape index (κ1) is 17.3. The van der Waals surface area contributed by atoms with Gasteiger partial charge in [0.1, 0.15) is 0 Å². The number of rotatable bonds is 7. The van der Waals surface area contributed by atoms with Gasteiger partial charge in [0.2, 0.25) is 5.13 Å². The van der Waals surface area contributed by atoms with Crippen LogP contribution in [-0.2, 0) is 0 Å². The minimum atomic E-state index is 0.103. The van der Waals surface area contributed by atoms with E-state index in [2.05, 4.69) is 15.5 Å². The Morgan fingerprint density at radius 1 is 1.30 bits per heavy atom. The molecule has 0 spiro atoms. The van der Waals surface area contributed by atoms with E-state index >= 15 is 0 Å². The molecular weight excluding hydrogens is 310 g/mol. The molecule has 0 aliphatic heterocycles. The van der Waals surface area contributed by atoms with Gasteiger partial charge >= 0.3 is 0 Å². The highest BCUT2D eigenvalue weighted by Gasteiger charge is 2.07. The van der Waals surface area contributed by atoms with Crippen molar-refractivity contribution in [2.45, 2.75) is 40.7 Å². The van der Waals surface area contributed by atoms with Crippen molar-refractivity contribution in [3.63, 3.8) is 0 Å². The minimum absolute atomic E-state index is 0.103. The summed E-state index contributed by atoms with van der Waals surface area (Å²) in [5.41, 5.74) is 4.92. The highest BCUT2D eigenvalue weighted by Crippen LogP contribution is 2.29. The topological polar surface area (TPSA) is 55.7 Å². The summed E-state index contributed by atoms with van der Waals surface area (Å²) in [4.78, 5) is 5.58. The van der Waals surface area contributed by atoms with Gasteiger partial charge in [-0.15, -0.1) is 11.3 Å². The lowest BCUT2D eigenvalue weighted by molar-refractivity contribution is 0.224. The third-order valence-electron chi connectivity index (χ3n) is 3.03. The van der Waals surface area contributed by atoms with Gasteiger partial charge in [-0.1, -0.05) is 0 Å². The van der Waals surface area contributed by atoms with Gasteiger partial charge in [0.25, 0.3) is 0 Å². The summed E-state index contributed by atoms with van der Waals surface area (Å²) in [5, 5.41) is 5.03. The largest absolute Gasteiger partial charge is 0.490 e. The van der Waals surface area contributed by atoms with E-state index in [1.807, 2.05) is 52.8 Å². The average molecular weight is 333 g/mol. The molecule has 124 valence electrons. The van der Waals surface area contributed by atoms with Crippen LogP contribution in [0.3, 0.4) is 0 Å². The molecule has 1 heterocycles. The van der Waals surface area contributed by atoms with Crippen LogP contribution in [0.4, 0.5) is 5.13 Å². The number of nitrogens with zero attached hydrogens (tertiary/aromatic N) is 2. The molecule has 0 aliphatic rings. The smallest absolute Gasteiger partial charge is 0.203 e. The van der Waals surface area contributed by atoms with Crippen molar-refractivity contribution in [3.05, 3.63) is 34.3 Å². The zero-order valence-electron chi connectivity index (χ0n) is 14.2. The van der Waals surface area contributed by atoms with Crippen LogP contribution in [0.2, 0.25) is 0 Å². The quantitative estimate of drug-likeness (QED) is 0.603. The number of hydrazone groups is 1. The standard InChI is InChI=1S/C17H23N3O2S/c1-6-21-16-9-14(7-8-15(16)22-11(2)3)10-18-20-17-19-12(4)13(5)23-17/h7-11H,6H2,1-5H3,(H,19,20)/b18-10-. The first-order valence-corrected chi connectivity index (χ1v) is 8.47. The highest BCUT2D eigenvalue weighted by molar-refractivity contribution is 7.15. The first-order chi connectivity index (χ1) is 11.0. The van der Waals surface area contributed by atoms with E-state index in [0.29, 0.717) is 6.61 Å². The number of benzene rings is 1. The van der Waals surface area contributed by atoms with Crippen LogP contribution in [0.15, 0.2) is 23.3 Å². The van der Waals surface area contributed by atoms with Crippen molar-refractivity contribution >= 4 is 22.7 Å². The Morgan fingerprint density at radius 2 is 2.09 bits per heavy atom. The molecule has 5 nitrogen and oxygen atoms in total. The van der Waals surface area contributed by atoms with E-state index < -0.39 is 0 Å². The van der Waals surface area contributed by atoms with Crippen molar-refractivity contribution in [1.29, 1.82) is 0 Å². The first-order valence-electron chi connectivity index (χ1n) is 7.66. The van der Waals surface area contributed by atoms with Gasteiger partial charge < -0.3 is 9.47 Å². The molecule has 0 radical (unpaired) electrons. The molecule has 0 unspecified atom stereocenters. The van der Waals surface area contributed by atoms with Gasteiger partial charge in [-0.3, -0.25) is 5.43 Å². The number of hydrogen-bond acceptors (Lipinski definition) is 6. The van der Waals surface area contributed by atoms with Crippen LogP contribution >= 0.6 is 11.3 Å². The summed E-state index contributed by atoms with van der Waals surface area (Å²) in [5.74, 6) is 1.48. The lowest BCUT2D eigenvalue weighted by Crippen LogP contribution is -2.07. The predicted octanol–water partition coefficient (Wildman–Crippen LogP) is 4.39. The summed E-state index contributed by atoms with van der Waals surface area (Å²) >= 11 is 1.59. The maximum atomic E-state index is 5.75. The normalized spacial score (nSPS) is 11.2. The molecule has 0 saturated carbocycles. The number of hydrogen-bond donors (Lipinski definition) is 1. The van der Waals surface area contributed by atoms with Crippen molar-refractivity contribution in [2.75, 3.05) is 12.0 Å². The Bertz CT molecular complexity index is 661. The van der Waals surface area contributed by atoms with E-state index in [-0.39, 0.29) is 6.10 Å². The van der Waals surface area contributed by atoms with Gasteiger partial charge in [0.05, 0.1) is 24.6 Å². The number of aryl methyl sites for hydroxylation is 2. The summed E-state index contributed by atoms with van der Waals surface area (Å²) in [6, 6.07) is 5.78. The van der Waals surface area contributed by atoms with Crippen LogP contribution < -0.4 is 14.9 Å². The lowest BCUT2D eigenvalue weighted by Gasteiger charge is -2.14. The SMILES string of the molecule is CCOc1cc(/C=N\Nc2nc(C)c(C)s2)ccc1OC(C)C. The summed E-state index contributed by atoms with van der Waals surface area (Å²) < 4.78 is 11.4. The van der Waals surface area contributed by atoms with E-state index in [1.165, 1.54) is 4.88 Å². The molecule has 0 atom stereocenters. The van der Waals surface area contributed by atoms with Gasteiger partial charge in [-0.2, -0.15) is 5.10 Å². The number of anilines is 1. The molecule has 1 N–H and O–H groups in total. The molecule has 1 aromatic carbocycles. The van der Waals surface area contributed by atoms with Crippen molar-refractivity contribution in [3.8, 4) is 11.5 Å². The Balaban J connectivity index is 2.09. The van der Waals surface area contributed by atoms with E-state index in [9.17, 15) is 0 Å². The molecule has 0 amide bonds. The van der Waals surface area contributed by atoms with E-state index in [1.54, 1.807) is 17.6 Å². The zero-order chi connectivity index (χ0) is 16.8. The monoisotopic (exact) mass is 333 g/mol. The summed E-state index contributed by atoms with van der Waals surface area (Å²) in [6.07, 6.45) is 1.85. The Morgan fingerprint density at radius 3 is 2.70 bits per heavy atom. The summed E-state index contributed by atoms with van der Waals surface area (Å²) in [7, 11) is 0. The van der Waals surface area contributed by atoms with Crippen LogP contribution in [0.25, 0.3) is 0 Å². The summed E-state index contributed by atoms with van der Waals surface area (Å²) in [6.45, 7) is 10.6. The molecular formula is C17H23N3O2S. The van der Waals surface area contributed by atoms with Crippen LogP contribution in [-0.4, -0.2) is 23.9 Å². The van der Waals surface area contributed by atoms with Crippen LogP contribution in [0.5, 0.6) is 11.5 Å². The highest BCUT2D eigenvalue weighted by atomic mass is 32.1. The third-order valence-corrected chi connectivity index (χ3v) is 4.01. The molecule has 0 saturated heterocycles.